The maximum absolute atomic E-state index is 5.97. The number of likely N-dealkylation sites (tertiary alicyclic amines) is 1. The third-order valence-electron chi connectivity index (χ3n) is 4.22. The summed E-state index contributed by atoms with van der Waals surface area (Å²) < 4.78 is 5.97. The summed E-state index contributed by atoms with van der Waals surface area (Å²) in [5.74, 6) is 2.13. The number of nitrogens with zero attached hydrogens (tertiary/aromatic N) is 1. The standard InChI is InChI=1S/C17H30N2O/c1-13-7-6-8-14(2)19(13)12-16-10-9-15(20-16)11-18-17(3,4)5/h9-10,13-14,18H,6-8,11-12H2,1-5H3. The molecule has 0 saturated carbocycles. The van der Waals surface area contributed by atoms with E-state index in [-0.39, 0.29) is 5.54 Å². The van der Waals surface area contributed by atoms with Crippen LogP contribution >= 0.6 is 0 Å². The van der Waals surface area contributed by atoms with Crippen molar-refractivity contribution < 1.29 is 4.42 Å². The predicted molar refractivity (Wildman–Crippen MR) is 83.6 cm³/mol. The van der Waals surface area contributed by atoms with Crippen LogP contribution in [-0.4, -0.2) is 22.5 Å². The average Bonchev–Trinajstić information content (AvgIpc) is 2.79. The maximum Gasteiger partial charge on any atom is 0.118 e. The molecule has 2 rings (SSSR count). The third-order valence-corrected chi connectivity index (χ3v) is 4.22. The highest BCUT2D eigenvalue weighted by molar-refractivity contribution is 5.08. The van der Waals surface area contributed by atoms with Gasteiger partial charge in [0.1, 0.15) is 11.5 Å². The first-order valence-electron chi connectivity index (χ1n) is 7.93. The molecule has 20 heavy (non-hydrogen) atoms. The lowest BCUT2D eigenvalue weighted by molar-refractivity contribution is 0.0866. The molecule has 1 aromatic rings. The van der Waals surface area contributed by atoms with Crippen LogP contribution in [0.5, 0.6) is 0 Å². The van der Waals surface area contributed by atoms with Gasteiger partial charge in [-0.2, -0.15) is 0 Å². The summed E-state index contributed by atoms with van der Waals surface area (Å²) in [4.78, 5) is 2.57. The molecule has 2 unspecified atom stereocenters. The van der Waals surface area contributed by atoms with Gasteiger partial charge in [0.15, 0.2) is 0 Å². The van der Waals surface area contributed by atoms with Gasteiger partial charge in [-0.15, -0.1) is 0 Å². The summed E-state index contributed by atoms with van der Waals surface area (Å²) in [6.07, 6.45) is 3.98. The molecule has 1 N–H and O–H groups in total. The zero-order chi connectivity index (χ0) is 14.8. The number of hydrogen-bond donors (Lipinski definition) is 1. The fourth-order valence-corrected chi connectivity index (χ4v) is 2.92. The Morgan fingerprint density at radius 2 is 1.75 bits per heavy atom. The molecule has 1 aliphatic heterocycles. The Balaban J connectivity index is 1.92. The van der Waals surface area contributed by atoms with Crippen LogP contribution < -0.4 is 5.32 Å². The molecule has 0 spiro atoms. The van der Waals surface area contributed by atoms with Crippen molar-refractivity contribution in [2.75, 3.05) is 0 Å². The lowest BCUT2D eigenvalue weighted by atomic mass is 9.97. The van der Waals surface area contributed by atoms with Crippen molar-refractivity contribution in [1.82, 2.24) is 10.2 Å². The van der Waals surface area contributed by atoms with E-state index in [1.165, 1.54) is 19.3 Å². The van der Waals surface area contributed by atoms with Crippen LogP contribution in [0.2, 0.25) is 0 Å². The van der Waals surface area contributed by atoms with E-state index < -0.39 is 0 Å². The van der Waals surface area contributed by atoms with E-state index >= 15 is 0 Å². The number of piperidine rings is 1. The van der Waals surface area contributed by atoms with Gasteiger partial charge in [0, 0.05) is 17.6 Å². The Morgan fingerprint density at radius 3 is 2.35 bits per heavy atom. The quantitative estimate of drug-likeness (QED) is 0.904. The van der Waals surface area contributed by atoms with E-state index in [4.69, 9.17) is 4.42 Å². The minimum Gasteiger partial charge on any atom is -0.463 e. The molecule has 1 aromatic heterocycles. The van der Waals surface area contributed by atoms with Gasteiger partial charge in [0.05, 0.1) is 13.1 Å². The van der Waals surface area contributed by atoms with Crippen molar-refractivity contribution in [3.05, 3.63) is 23.7 Å². The van der Waals surface area contributed by atoms with E-state index in [9.17, 15) is 0 Å². The molecule has 3 heteroatoms. The number of furan rings is 1. The van der Waals surface area contributed by atoms with Crippen LogP contribution in [0.3, 0.4) is 0 Å². The van der Waals surface area contributed by atoms with E-state index in [0.29, 0.717) is 12.1 Å². The van der Waals surface area contributed by atoms with Gasteiger partial charge in [0.25, 0.3) is 0 Å². The molecule has 0 aliphatic carbocycles. The van der Waals surface area contributed by atoms with E-state index in [2.05, 4.69) is 57.0 Å². The van der Waals surface area contributed by atoms with Gasteiger partial charge >= 0.3 is 0 Å². The molecule has 2 heterocycles. The molecule has 3 nitrogen and oxygen atoms in total. The van der Waals surface area contributed by atoms with Crippen molar-refractivity contribution in [1.29, 1.82) is 0 Å². The highest BCUT2D eigenvalue weighted by Crippen LogP contribution is 2.25. The van der Waals surface area contributed by atoms with Crippen LogP contribution in [0, 0.1) is 0 Å². The summed E-state index contributed by atoms with van der Waals surface area (Å²) >= 11 is 0. The largest absolute Gasteiger partial charge is 0.463 e. The van der Waals surface area contributed by atoms with Crippen LogP contribution in [-0.2, 0) is 13.1 Å². The molecular weight excluding hydrogens is 248 g/mol. The smallest absolute Gasteiger partial charge is 0.118 e. The maximum atomic E-state index is 5.97. The fraction of sp³-hybridized carbons (Fsp3) is 0.765. The first-order valence-corrected chi connectivity index (χ1v) is 7.93. The number of hydrogen-bond acceptors (Lipinski definition) is 3. The first kappa shape index (κ1) is 15.6. The second kappa shape index (κ2) is 6.31. The van der Waals surface area contributed by atoms with Crippen molar-refractivity contribution in [3.63, 3.8) is 0 Å². The van der Waals surface area contributed by atoms with Gasteiger partial charge in [0.2, 0.25) is 0 Å². The van der Waals surface area contributed by atoms with Crippen LogP contribution in [0.1, 0.15) is 65.4 Å². The highest BCUT2D eigenvalue weighted by Gasteiger charge is 2.25. The zero-order valence-electron chi connectivity index (χ0n) is 13.7. The van der Waals surface area contributed by atoms with Gasteiger partial charge < -0.3 is 9.73 Å². The van der Waals surface area contributed by atoms with Crippen molar-refractivity contribution in [2.45, 2.75) is 84.6 Å². The van der Waals surface area contributed by atoms with E-state index in [0.717, 1.165) is 24.6 Å². The van der Waals surface area contributed by atoms with E-state index in [1.54, 1.807) is 0 Å². The highest BCUT2D eigenvalue weighted by atomic mass is 16.3. The van der Waals surface area contributed by atoms with Gasteiger partial charge in [-0.25, -0.2) is 0 Å². The molecule has 0 aromatic carbocycles. The van der Waals surface area contributed by atoms with Crippen molar-refractivity contribution >= 4 is 0 Å². The topological polar surface area (TPSA) is 28.4 Å². The molecule has 0 bridgehead atoms. The van der Waals surface area contributed by atoms with Gasteiger partial charge in [-0.05, 0) is 59.6 Å². The molecule has 0 radical (unpaired) electrons. The van der Waals surface area contributed by atoms with Gasteiger partial charge in [-0.1, -0.05) is 6.42 Å². The molecule has 2 atom stereocenters. The zero-order valence-corrected chi connectivity index (χ0v) is 13.7. The molecule has 1 saturated heterocycles. The Kier molecular flexibility index (Phi) is 4.92. The van der Waals surface area contributed by atoms with Crippen LogP contribution in [0.15, 0.2) is 16.5 Å². The summed E-state index contributed by atoms with van der Waals surface area (Å²) in [7, 11) is 0. The Hall–Kier alpha value is -0.800. The molecule has 114 valence electrons. The monoisotopic (exact) mass is 278 g/mol. The fourth-order valence-electron chi connectivity index (χ4n) is 2.92. The molecule has 1 aliphatic rings. The predicted octanol–water partition coefficient (Wildman–Crippen LogP) is 3.93. The van der Waals surface area contributed by atoms with Crippen molar-refractivity contribution in [3.8, 4) is 0 Å². The van der Waals surface area contributed by atoms with E-state index in [1.807, 2.05) is 0 Å². The minimum absolute atomic E-state index is 0.128. The summed E-state index contributed by atoms with van der Waals surface area (Å²) in [6, 6.07) is 5.57. The normalized spacial score (nSPS) is 25.1. The Morgan fingerprint density at radius 1 is 1.15 bits per heavy atom. The lowest BCUT2D eigenvalue weighted by Crippen LogP contribution is -2.42. The SMILES string of the molecule is CC1CCCC(C)N1Cc1ccc(CNC(C)(C)C)o1. The van der Waals surface area contributed by atoms with Crippen LogP contribution in [0.4, 0.5) is 0 Å². The van der Waals surface area contributed by atoms with Crippen LogP contribution in [0.25, 0.3) is 0 Å². The summed E-state index contributed by atoms with van der Waals surface area (Å²) in [5.41, 5.74) is 0.128. The number of nitrogens with one attached hydrogen (secondary N) is 1. The number of rotatable bonds is 4. The second-order valence-electron chi connectivity index (χ2n) is 7.27. The van der Waals surface area contributed by atoms with Crippen molar-refractivity contribution in [2.24, 2.45) is 0 Å². The minimum atomic E-state index is 0.128. The average molecular weight is 278 g/mol. The second-order valence-corrected chi connectivity index (χ2v) is 7.27. The Labute approximate surface area is 123 Å². The molecular formula is C17H30N2O. The first-order chi connectivity index (χ1) is 9.35. The lowest BCUT2D eigenvalue weighted by Gasteiger charge is -2.38. The summed E-state index contributed by atoms with van der Waals surface area (Å²) in [6.45, 7) is 12.9. The summed E-state index contributed by atoms with van der Waals surface area (Å²) in [5, 5.41) is 3.47. The van der Waals surface area contributed by atoms with Gasteiger partial charge in [-0.3, -0.25) is 4.90 Å². The molecule has 1 fully saturated rings. The Bertz CT molecular complexity index is 409. The third kappa shape index (κ3) is 4.35. The molecule has 0 amide bonds.